The highest BCUT2D eigenvalue weighted by Gasteiger charge is 2.07. The Hall–Kier alpha value is -2.54. The average Bonchev–Trinajstić information content (AvgIpc) is 2.51. The highest BCUT2D eigenvalue weighted by Crippen LogP contribution is 2.34. The molecule has 6 nitrogen and oxygen atoms in total. The number of anilines is 1. The molecule has 0 aliphatic carbocycles. The van der Waals surface area contributed by atoms with Crippen molar-refractivity contribution in [3.8, 4) is 11.5 Å². The number of urea groups is 1. The van der Waals surface area contributed by atoms with Gasteiger partial charge >= 0.3 is 6.03 Å². The first-order chi connectivity index (χ1) is 10.6. The molecule has 0 aliphatic rings. The summed E-state index contributed by atoms with van der Waals surface area (Å²) in [4.78, 5) is 11.6. The molecule has 0 bridgehead atoms. The minimum Gasteiger partial charge on any atom is -0.503 e. The first-order valence-corrected chi connectivity index (χ1v) is 7.11. The summed E-state index contributed by atoms with van der Waals surface area (Å²) in [7, 11) is 1.45. The van der Waals surface area contributed by atoms with Crippen molar-refractivity contribution in [2.24, 2.45) is 5.10 Å². The maximum Gasteiger partial charge on any atom is 0.339 e. The zero-order valence-corrected chi connectivity index (χ0v) is 13.3. The van der Waals surface area contributed by atoms with Crippen molar-refractivity contribution in [1.82, 2.24) is 5.43 Å². The number of phenolic OH excluding ortho intramolecular Hbond substituents is 1. The van der Waals surface area contributed by atoms with Crippen molar-refractivity contribution in [2.75, 3.05) is 12.4 Å². The van der Waals surface area contributed by atoms with Crippen molar-refractivity contribution in [1.29, 1.82) is 0 Å². The van der Waals surface area contributed by atoms with E-state index in [2.05, 4.69) is 31.8 Å². The summed E-state index contributed by atoms with van der Waals surface area (Å²) in [5, 5.41) is 16.2. The first kappa shape index (κ1) is 15.8. The Morgan fingerprint density at radius 2 is 2.05 bits per heavy atom. The lowest BCUT2D eigenvalue weighted by Gasteiger charge is -2.06. The molecule has 0 fully saturated rings. The number of phenols is 1. The van der Waals surface area contributed by atoms with Gasteiger partial charge in [0.1, 0.15) is 0 Å². The number of carbonyl (C=O) groups is 1. The Labute approximate surface area is 135 Å². The van der Waals surface area contributed by atoms with Crippen LogP contribution in [0.4, 0.5) is 10.5 Å². The molecule has 2 rings (SSSR count). The zero-order chi connectivity index (χ0) is 15.9. The van der Waals surface area contributed by atoms with Gasteiger partial charge in [-0.15, -0.1) is 0 Å². The fourth-order valence-electron chi connectivity index (χ4n) is 1.67. The van der Waals surface area contributed by atoms with Crippen molar-refractivity contribution in [3.05, 3.63) is 52.5 Å². The van der Waals surface area contributed by atoms with Crippen molar-refractivity contribution >= 4 is 33.9 Å². The lowest BCUT2D eigenvalue weighted by atomic mass is 10.2. The Kier molecular flexibility index (Phi) is 5.37. The van der Waals surface area contributed by atoms with Crippen LogP contribution in [0.3, 0.4) is 0 Å². The maximum atomic E-state index is 11.6. The molecule has 2 aromatic rings. The second-order valence-corrected chi connectivity index (χ2v) is 5.10. The van der Waals surface area contributed by atoms with E-state index in [0.717, 1.165) is 0 Å². The van der Waals surface area contributed by atoms with Crippen molar-refractivity contribution < 1.29 is 14.6 Å². The summed E-state index contributed by atoms with van der Waals surface area (Å²) < 4.78 is 5.51. The number of amides is 2. The van der Waals surface area contributed by atoms with E-state index in [-0.39, 0.29) is 5.75 Å². The van der Waals surface area contributed by atoms with Gasteiger partial charge in [0.05, 0.1) is 17.8 Å². The summed E-state index contributed by atoms with van der Waals surface area (Å²) >= 11 is 3.21. The fraction of sp³-hybridized carbons (Fsp3) is 0.0667. The molecule has 7 heteroatoms. The topological polar surface area (TPSA) is 83.0 Å². The normalized spacial score (nSPS) is 10.5. The minimum absolute atomic E-state index is 0.00873. The predicted molar refractivity (Wildman–Crippen MR) is 88.5 cm³/mol. The van der Waals surface area contributed by atoms with Crippen molar-refractivity contribution in [2.45, 2.75) is 0 Å². The Morgan fingerprint density at radius 3 is 2.73 bits per heavy atom. The Bertz CT molecular complexity index is 690. The number of aromatic hydroxyl groups is 1. The summed E-state index contributed by atoms with van der Waals surface area (Å²) in [6, 6.07) is 11.8. The third kappa shape index (κ3) is 4.23. The molecule has 114 valence electrons. The smallest absolute Gasteiger partial charge is 0.339 e. The molecule has 3 N–H and O–H groups in total. The van der Waals surface area contributed by atoms with Crippen LogP contribution in [0.25, 0.3) is 0 Å². The average molecular weight is 364 g/mol. The number of para-hydroxylation sites is 1. The number of benzene rings is 2. The molecule has 22 heavy (non-hydrogen) atoms. The van der Waals surface area contributed by atoms with Crippen LogP contribution in [0.1, 0.15) is 5.56 Å². The monoisotopic (exact) mass is 363 g/mol. The first-order valence-electron chi connectivity index (χ1n) is 6.31. The zero-order valence-electron chi connectivity index (χ0n) is 11.7. The second-order valence-electron chi connectivity index (χ2n) is 4.24. The van der Waals surface area contributed by atoms with Gasteiger partial charge in [0.2, 0.25) is 0 Å². The third-order valence-corrected chi connectivity index (χ3v) is 3.29. The number of hydrogen-bond donors (Lipinski definition) is 3. The summed E-state index contributed by atoms with van der Waals surface area (Å²) in [6.45, 7) is 0. The molecular weight excluding hydrogens is 350 g/mol. The summed E-state index contributed by atoms with van der Waals surface area (Å²) in [5.74, 6) is 0.319. The molecule has 0 unspecified atom stereocenters. The van der Waals surface area contributed by atoms with Gasteiger partial charge in [-0.2, -0.15) is 5.10 Å². The second kappa shape index (κ2) is 7.46. The highest BCUT2D eigenvalue weighted by molar-refractivity contribution is 9.10. The Morgan fingerprint density at radius 1 is 1.32 bits per heavy atom. The van der Waals surface area contributed by atoms with Gasteiger partial charge in [0.15, 0.2) is 11.5 Å². The van der Waals surface area contributed by atoms with Crippen LogP contribution < -0.4 is 15.5 Å². The number of hydrazone groups is 1. The number of nitrogens with zero attached hydrogens (tertiary/aromatic N) is 1. The molecule has 0 saturated heterocycles. The number of hydrogen-bond acceptors (Lipinski definition) is 4. The van der Waals surface area contributed by atoms with Crippen LogP contribution in [0.5, 0.6) is 11.5 Å². The van der Waals surface area contributed by atoms with Gasteiger partial charge in [-0.05, 0) is 45.8 Å². The lowest BCUT2D eigenvalue weighted by molar-refractivity contribution is 0.252. The van der Waals surface area contributed by atoms with Crippen LogP contribution in [0.2, 0.25) is 0 Å². The number of rotatable bonds is 4. The Balaban J connectivity index is 1.98. The molecule has 0 atom stereocenters. The van der Waals surface area contributed by atoms with Crippen molar-refractivity contribution in [3.63, 3.8) is 0 Å². The molecule has 2 amide bonds. The fourth-order valence-corrected chi connectivity index (χ4v) is 2.13. The van der Waals surface area contributed by atoms with Crippen LogP contribution in [-0.2, 0) is 0 Å². The van der Waals surface area contributed by atoms with Gasteiger partial charge in [0.25, 0.3) is 0 Å². The molecule has 2 aromatic carbocycles. The molecule has 0 saturated carbocycles. The molecule has 0 aromatic heterocycles. The van der Waals surface area contributed by atoms with Crippen LogP contribution >= 0.6 is 15.9 Å². The van der Waals surface area contributed by atoms with Gasteiger partial charge in [-0.25, -0.2) is 10.2 Å². The van der Waals surface area contributed by atoms with E-state index in [0.29, 0.717) is 21.5 Å². The number of nitrogens with one attached hydrogen (secondary N) is 2. The number of carbonyl (C=O) groups excluding carboxylic acids is 1. The van der Waals surface area contributed by atoms with E-state index in [1.165, 1.54) is 13.3 Å². The molecule has 0 spiro atoms. The summed E-state index contributed by atoms with van der Waals surface area (Å²) in [6.07, 6.45) is 1.44. The van der Waals surface area contributed by atoms with E-state index in [1.54, 1.807) is 24.3 Å². The SMILES string of the molecule is COc1cc(/C=N\NC(=O)Nc2ccccc2)cc(Br)c1O. The molecule has 0 heterocycles. The number of methoxy groups -OCH3 is 1. The van der Waals surface area contributed by atoms with Crippen LogP contribution in [0, 0.1) is 0 Å². The largest absolute Gasteiger partial charge is 0.503 e. The molecule has 0 radical (unpaired) electrons. The third-order valence-electron chi connectivity index (χ3n) is 2.68. The number of ether oxygens (including phenoxy) is 1. The van der Waals surface area contributed by atoms with Crippen LogP contribution in [-0.4, -0.2) is 24.5 Å². The molecule has 0 aliphatic heterocycles. The van der Waals surface area contributed by atoms with Gasteiger partial charge < -0.3 is 15.2 Å². The van der Waals surface area contributed by atoms with E-state index in [1.807, 2.05) is 18.2 Å². The van der Waals surface area contributed by atoms with Gasteiger partial charge in [0, 0.05) is 5.69 Å². The molecular formula is C15H14BrN3O3. The summed E-state index contributed by atoms with van der Waals surface area (Å²) in [5.41, 5.74) is 3.68. The van der Waals surface area contributed by atoms with Gasteiger partial charge in [-0.3, -0.25) is 0 Å². The maximum absolute atomic E-state index is 11.6. The number of halogens is 1. The highest BCUT2D eigenvalue weighted by atomic mass is 79.9. The van der Waals surface area contributed by atoms with E-state index >= 15 is 0 Å². The standard InChI is InChI=1S/C15H14BrN3O3/c1-22-13-8-10(7-12(16)14(13)20)9-17-19-15(21)18-11-5-3-2-4-6-11/h2-9,20H,1H3,(H2,18,19,21)/b17-9-. The van der Waals surface area contributed by atoms with E-state index in [4.69, 9.17) is 4.74 Å². The predicted octanol–water partition coefficient (Wildman–Crippen LogP) is 3.32. The minimum atomic E-state index is -0.452. The van der Waals surface area contributed by atoms with E-state index in [9.17, 15) is 9.90 Å². The van der Waals surface area contributed by atoms with Crippen LogP contribution in [0.15, 0.2) is 52.0 Å². The lowest BCUT2D eigenvalue weighted by Crippen LogP contribution is -2.24. The van der Waals surface area contributed by atoms with E-state index < -0.39 is 6.03 Å². The van der Waals surface area contributed by atoms with Gasteiger partial charge in [-0.1, -0.05) is 18.2 Å². The quantitative estimate of drug-likeness (QED) is 0.575.